The molecule has 0 unspecified atom stereocenters. The van der Waals surface area contributed by atoms with Crippen LogP contribution in [0.5, 0.6) is 0 Å². The smallest absolute Gasteiger partial charge is 0.0210 e. The maximum atomic E-state index is 3.44. The van der Waals surface area contributed by atoms with Crippen molar-refractivity contribution in [2.75, 3.05) is 0 Å². The molecule has 2 heteroatoms. The molecule has 0 aromatic heterocycles. The van der Waals surface area contributed by atoms with Crippen molar-refractivity contribution in [1.82, 2.24) is 5.32 Å². The molecule has 0 spiro atoms. The van der Waals surface area contributed by atoms with E-state index in [0.717, 1.165) is 6.54 Å². The Morgan fingerprint density at radius 1 is 1.25 bits per heavy atom. The second kappa shape index (κ2) is 3.92. The van der Waals surface area contributed by atoms with Crippen molar-refractivity contribution in [3.05, 3.63) is 35.4 Å². The van der Waals surface area contributed by atoms with Crippen molar-refractivity contribution in [1.29, 1.82) is 0 Å². The maximum absolute atomic E-state index is 3.44. The summed E-state index contributed by atoms with van der Waals surface area (Å²) in [6.45, 7) is 3.27. The zero-order chi connectivity index (χ0) is 7.68. The van der Waals surface area contributed by atoms with Crippen LogP contribution in [0.15, 0.2) is 24.3 Å². The van der Waals surface area contributed by atoms with Crippen molar-refractivity contribution in [3.63, 3.8) is 0 Å². The lowest BCUT2D eigenvalue weighted by Crippen LogP contribution is -2.32. The summed E-state index contributed by atoms with van der Waals surface area (Å²) in [5.41, 5.74) is 2.98. The fraction of sp³-hybridized carbons (Fsp3) is 0.400. The van der Waals surface area contributed by atoms with E-state index in [1.54, 1.807) is 0 Å². The molecule has 0 amide bonds. The lowest BCUT2D eigenvalue weighted by Gasteiger charge is -2.22. The first-order valence-electron chi connectivity index (χ1n) is 4.16. The number of benzene rings is 1. The molecule has 0 aliphatic carbocycles. The lowest BCUT2D eigenvalue weighted by atomic mass is 9.97. The van der Waals surface area contributed by atoms with Gasteiger partial charge >= 0.3 is 0 Å². The average molecular weight is 184 g/mol. The molecule has 1 aromatic rings. The molecule has 1 atom stereocenters. The van der Waals surface area contributed by atoms with Crippen LogP contribution in [0.1, 0.15) is 18.1 Å². The summed E-state index contributed by atoms with van der Waals surface area (Å²) >= 11 is 0. The summed E-state index contributed by atoms with van der Waals surface area (Å²) < 4.78 is 0. The molecule has 1 aliphatic rings. The quantitative estimate of drug-likeness (QED) is 0.650. The normalized spacial score (nSPS) is 20.9. The van der Waals surface area contributed by atoms with E-state index < -0.39 is 0 Å². The second-order valence-electron chi connectivity index (χ2n) is 3.25. The Balaban J connectivity index is 0.000000720. The monoisotopic (exact) mass is 183 g/mol. The molecule has 1 aromatic carbocycles. The SMILES string of the molecule is C[C@H]1Cc2ccccc2CN1.Cl. The Hall–Kier alpha value is -0.530. The number of fused-ring (bicyclic) bond motifs is 1. The van der Waals surface area contributed by atoms with Gasteiger partial charge in [0.1, 0.15) is 0 Å². The zero-order valence-corrected chi connectivity index (χ0v) is 8.03. The molecule has 0 saturated heterocycles. The van der Waals surface area contributed by atoms with Crippen molar-refractivity contribution in [2.45, 2.75) is 25.9 Å². The molecule has 0 saturated carbocycles. The summed E-state index contributed by atoms with van der Waals surface area (Å²) in [6, 6.07) is 9.30. The van der Waals surface area contributed by atoms with Crippen LogP contribution >= 0.6 is 12.4 Å². The van der Waals surface area contributed by atoms with E-state index in [1.807, 2.05) is 0 Å². The van der Waals surface area contributed by atoms with Gasteiger partial charge in [-0.1, -0.05) is 24.3 Å². The van der Waals surface area contributed by atoms with E-state index >= 15 is 0 Å². The topological polar surface area (TPSA) is 12.0 Å². The third-order valence-electron chi connectivity index (χ3n) is 2.29. The first-order chi connectivity index (χ1) is 5.36. The Labute approximate surface area is 79.6 Å². The van der Waals surface area contributed by atoms with Gasteiger partial charge in [0.15, 0.2) is 0 Å². The van der Waals surface area contributed by atoms with Crippen LogP contribution in [0.25, 0.3) is 0 Å². The van der Waals surface area contributed by atoms with Crippen LogP contribution in [-0.2, 0) is 13.0 Å². The molecule has 0 bridgehead atoms. The van der Waals surface area contributed by atoms with Crippen molar-refractivity contribution >= 4 is 12.4 Å². The van der Waals surface area contributed by atoms with Gasteiger partial charge in [0.05, 0.1) is 0 Å². The number of hydrogen-bond donors (Lipinski definition) is 1. The molecule has 1 nitrogen and oxygen atoms in total. The average Bonchev–Trinajstić information content (AvgIpc) is 2.04. The Kier molecular flexibility index (Phi) is 3.12. The summed E-state index contributed by atoms with van der Waals surface area (Å²) in [5, 5.41) is 3.44. The van der Waals surface area contributed by atoms with Gasteiger partial charge in [0, 0.05) is 12.6 Å². The van der Waals surface area contributed by atoms with Gasteiger partial charge in [0.25, 0.3) is 0 Å². The number of halogens is 1. The van der Waals surface area contributed by atoms with Gasteiger partial charge in [-0.05, 0) is 24.5 Å². The highest BCUT2D eigenvalue weighted by Crippen LogP contribution is 2.15. The standard InChI is InChI=1S/C10H13N.ClH/c1-8-6-9-4-2-3-5-10(9)7-11-8;/h2-5,8,11H,6-7H2,1H3;1H/t8-;/m0./s1. The van der Waals surface area contributed by atoms with E-state index in [-0.39, 0.29) is 12.4 Å². The number of hydrogen-bond acceptors (Lipinski definition) is 1. The molecule has 66 valence electrons. The van der Waals surface area contributed by atoms with Gasteiger partial charge < -0.3 is 5.32 Å². The maximum Gasteiger partial charge on any atom is 0.0210 e. The summed E-state index contributed by atoms with van der Waals surface area (Å²) in [4.78, 5) is 0. The van der Waals surface area contributed by atoms with Crippen molar-refractivity contribution in [2.24, 2.45) is 0 Å². The molecule has 12 heavy (non-hydrogen) atoms. The van der Waals surface area contributed by atoms with Crippen LogP contribution in [0, 0.1) is 0 Å². The minimum absolute atomic E-state index is 0. The molecule has 1 N–H and O–H groups in total. The summed E-state index contributed by atoms with van der Waals surface area (Å²) in [5.74, 6) is 0. The van der Waals surface area contributed by atoms with Gasteiger partial charge in [0.2, 0.25) is 0 Å². The van der Waals surface area contributed by atoms with Crippen LogP contribution in [0.2, 0.25) is 0 Å². The molecule has 2 rings (SSSR count). The highest BCUT2D eigenvalue weighted by atomic mass is 35.5. The van der Waals surface area contributed by atoms with Crippen LogP contribution in [-0.4, -0.2) is 6.04 Å². The van der Waals surface area contributed by atoms with Crippen molar-refractivity contribution < 1.29 is 0 Å². The minimum atomic E-state index is 0. The molecule has 1 aliphatic heterocycles. The second-order valence-corrected chi connectivity index (χ2v) is 3.25. The zero-order valence-electron chi connectivity index (χ0n) is 7.21. The molecule has 0 fully saturated rings. The van der Waals surface area contributed by atoms with E-state index in [2.05, 4.69) is 36.5 Å². The van der Waals surface area contributed by atoms with E-state index in [9.17, 15) is 0 Å². The van der Waals surface area contributed by atoms with Crippen LogP contribution in [0.3, 0.4) is 0 Å². The Morgan fingerprint density at radius 2 is 1.92 bits per heavy atom. The van der Waals surface area contributed by atoms with Gasteiger partial charge in [-0.25, -0.2) is 0 Å². The van der Waals surface area contributed by atoms with Crippen molar-refractivity contribution in [3.8, 4) is 0 Å². The number of nitrogens with one attached hydrogen (secondary N) is 1. The van der Waals surface area contributed by atoms with Gasteiger partial charge in [-0.15, -0.1) is 12.4 Å². The molecule has 0 radical (unpaired) electrons. The fourth-order valence-corrected chi connectivity index (χ4v) is 1.62. The minimum Gasteiger partial charge on any atom is -0.310 e. The predicted octanol–water partition coefficient (Wildman–Crippen LogP) is 2.14. The van der Waals surface area contributed by atoms with E-state index in [1.165, 1.54) is 17.5 Å². The van der Waals surface area contributed by atoms with Gasteiger partial charge in [-0.3, -0.25) is 0 Å². The third-order valence-corrected chi connectivity index (χ3v) is 2.29. The largest absolute Gasteiger partial charge is 0.310 e. The summed E-state index contributed by atoms with van der Waals surface area (Å²) in [7, 11) is 0. The highest BCUT2D eigenvalue weighted by molar-refractivity contribution is 5.85. The first kappa shape index (κ1) is 9.56. The van der Waals surface area contributed by atoms with Crippen LogP contribution < -0.4 is 5.32 Å². The molecule has 1 heterocycles. The summed E-state index contributed by atoms with van der Waals surface area (Å²) in [6.07, 6.45) is 1.18. The lowest BCUT2D eigenvalue weighted by molar-refractivity contribution is 0.513. The first-order valence-corrected chi connectivity index (χ1v) is 4.16. The Morgan fingerprint density at radius 3 is 2.67 bits per heavy atom. The third kappa shape index (κ3) is 1.79. The van der Waals surface area contributed by atoms with Gasteiger partial charge in [-0.2, -0.15) is 0 Å². The van der Waals surface area contributed by atoms with E-state index in [4.69, 9.17) is 0 Å². The number of rotatable bonds is 0. The van der Waals surface area contributed by atoms with Crippen LogP contribution in [0.4, 0.5) is 0 Å². The molecular weight excluding hydrogens is 170 g/mol. The molecular formula is C10H14ClN. The highest BCUT2D eigenvalue weighted by Gasteiger charge is 2.12. The fourth-order valence-electron chi connectivity index (χ4n) is 1.62. The predicted molar refractivity (Wildman–Crippen MR) is 53.7 cm³/mol. The van der Waals surface area contributed by atoms with E-state index in [0.29, 0.717) is 6.04 Å². The Bertz CT molecular complexity index is 260.